The fraction of sp³-hybridized carbons (Fsp3) is 0.429. The van der Waals surface area contributed by atoms with Crippen LogP contribution in [0, 0.1) is 13.8 Å². The topological polar surface area (TPSA) is 71.8 Å². The molecule has 0 bridgehead atoms. The number of aryl methyl sites for hydroxylation is 1. The first kappa shape index (κ1) is 25.3. The summed E-state index contributed by atoms with van der Waals surface area (Å²) in [5.41, 5.74) is 5.05. The Morgan fingerprint density at radius 1 is 1.20 bits per heavy atom. The minimum atomic E-state index is -1.22. The number of carboxylic acid groups (broad SMARTS) is 1. The van der Waals surface area contributed by atoms with Crippen molar-refractivity contribution in [3.05, 3.63) is 52.2 Å². The van der Waals surface area contributed by atoms with Crippen LogP contribution >= 0.6 is 11.6 Å². The number of halogens is 1. The standard InChI is InChI=1S/C28H33ClN2O4/c1-8-21(32)31-16(3)14-30-15(2)13-20-23(18-9-11-19(29)12-10-18)22(17(4)24(31)25(20)30)26(27(33)34)35-28(5,6)7/h9-13,16,26H,8,14H2,1-7H3,(H,33,34)/t16-,26?/m0/s1. The summed E-state index contributed by atoms with van der Waals surface area (Å²) < 4.78 is 8.41. The molecule has 1 aliphatic heterocycles. The quantitative estimate of drug-likeness (QED) is 0.428. The highest BCUT2D eigenvalue weighted by Crippen LogP contribution is 2.48. The molecule has 1 aromatic heterocycles. The van der Waals surface area contributed by atoms with Crippen LogP contribution in [0.25, 0.3) is 22.0 Å². The largest absolute Gasteiger partial charge is 0.479 e. The van der Waals surface area contributed by atoms with Crippen molar-refractivity contribution in [1.82, 2.24) is 4.57 Å². The normalized spacial score (nSPS) is 16.6. The second-order valence-corrected chi connectivity index (χ2v) is 10.8. The minimum Gasteiger partial charge on any atom is -0.479 e. The van der Waals surface area contributed by atoms with Crippen molar-refractivity contribution in [3.63, 3.8) is 0 Å². The molecule has 35 heavy (non-hydrogen) atoms. The average Bonchev–Trinajstić information content (AvgIpc) is 3.09. The number of benzene rings is 2. The van der Waals surface area contributed by atoms with Crippen molar-refractivity contribution in [2.24, 2.45) is 0 Å². The van der Waals surface area contributed by atoms with Gasteiger partial charge in [0.05, 0.1) is 22.8 Å². The van der Waals surface area contributed by atoms with Gasteiger partial charge in [-0.15, -0.1) is 0 Å². The molecule has 1 N–H and O–H groups in total. The molecule has 1 aliphatic rings. The molecule has 186 valence electrons. The zero-order chi connectivity index (χ0) is 25.8. The zero-order valence-electron chi connectivity index (χ0n) is 21.4. The van der Waals surface area contributed by atoms with Gasteiger partial charge < -0.3 is 19.3 Å². The number of anilines is 1. The predicted octanol–water partition coefficient (Wildman–Crippen LogP) is 6.66. The number of hydrogen-bond acceptors (Lipinski definition) is 3. The van der Waals surface area contributed by atoms with E-state index in [1.807, 2.05) is 58.6 Å². The molecule has 1 unspecified atom stereocenters. The molecule has 0 aliphatic carbocycles. The van der Waals surface area contributed by atoms with E-state index in [4.69, 9.17) is 16.3 Å². The van der Waals surface area contributed by atoms with E-state index in [2.05, 4.69) is 17.6 Å². The molecule has 7 heteroatoms. The number of carboxylic acids is 1. The molecule has 0 saturated heterocycles. The van der Waals surface area contributed by atoms with Crippen molar-refractivity contribution < 1.29 is 19.4 Å². The van der Waals surface area contributed by atoms with E-state index in [9.17, 15) is 14.7 Å². The van der Waals surface area contributed by atoms with Gasteiger partial charge in [0.2, 0.25) is 5.91 Å². The van der Waals surface area contributed by atoms with Crippen molar-refractivity contribution in [3.8, 4) is 11.1 Å². The number of nitrogens with zero attached hydrogens (tertiary/aromatic N) is 2. The molecule has 1 amide bonds. The molecule has 2 aromatic carbocycles. The third-order valence-electron chi connectivity index (χ3n) is 6.62. The zero-order valence-corrected chi connectivity index (χ0v) is 22.2. The maximum absolute atomic E-state index is 13.2. The number of amides is 1. The number of hydrogen-bond donors (Lipinski definition) is 1. The Bertz CT molecular complexity index is 1320. The number of aliphatic carboxylic acids is 1. The maximum atomic E-state index is 13.2. The van der Waals surface area contributed by atoms with Crippen LogP contribution in [0.15, 0.2) is 30.3 Å². The van der Waals surface area contributed by atoms with Crippen LogP contribution in [0.3, 0.4) is 0 Å². The highest BCUT2D eigenvalue weighted by atomic mass is 35.5. The summed E-state index contributed by atoms with van der Waals surface area (Å²) >= 11 is 6.19. The van der Waals surface area contributed by atoms with Gasteiger partial charge >= 0.3 is 5.97 Å². The Hall–Kier alpha value is -2.83. The summed E-state index contributed by atoms with van der Waals surface area (Å²) in [5.74, 6) is -1.06. The third kappa shape index (κ3) is 4.34. The first-order valence-electron chi connectivity index (χ1n) is 12.0. The molecule has 0 spiro atoms. The Labute approximate surface area is 211 Å². The van der Waals surface area contributed by atoms with Gasteiger partial charge in [0.25, 0.3) is 0 Å². The van der Waals surface area contributed by atoms with Gasteiger partial charge in [0, 0.05) is 34.6 Å². The van der Waals surface area contributed by atoms with Crippen molar-refractivity contribution in [1.29, 1.82) is 0 Å². The van der Waals surface area contributed by atoms with Crippen LogP contribution in [0.5, 0.6) is 0 Å². The van der Waals surface area contributed by atoms with Gasteiger partial charge in [-0.1, -0.05) is 30.7 Å². The summed E-state index contributed by atoms with van der Waals surface area (Å²) in [5, 5.41) is 11.9. The molecule has 2 atom stereocenters. The van der Waals surface area contributed by atoms with E-state index in [0.717, 1.165) is 39.0 Å². The number of ether oxygens (including phenoxy) is 1. The van der Waals surface area contributed by atoms with E-state index in [1.54, 1.807) is 12.1 Å². The lowest BCUT2D eigenvalue weighted by Gasteiger charge is -2.38. The SMILES string of the molecule is CCC(=O)N1c2c(C)c(C(OC(C)(C)C)C(=O)O)c(-c3ccc(Cl)cc3)c3cc(C)n(c23)C[C@@H]1C. The Kier molecular flexibility index (Phi) is 6.49. The molecular weight excluding hydrogens is 464 g/mol. The molecule has 2 heterocycles. The van der Waals surface area contributed by atoms with Crippen molar-refractivity contribution in [2.45, 2.75) is 79.2 Å². The molecule has 0 radical (unpaired) electrons. The minimum absolute atomic E-state index is 0.0146. The van der Waals surface area contributed by atoms with E-state index in [-0.39, 0.29) is 11.9 Å². The first-order chi connectivity index (χ1) is 16.4. The number of aromatic nitrogens is 1. The van der Waals surface area contributed by atoms with E-state index < -0.39 is 17.7 Å². The summed E-state index contributed by atoms with van der Waals surface area (Å²) in [7, 11) is 0. The van der Waals surface area contributed by atoms with Crippen molar-refractivity contribution in [2.75, 3.05) is 4.90 Å². The predicted molar refractivity (Wildman–Crippen MR) is 140 cm³/mol. The van der Waals surface area contributed by atoms with Crippen LogP contribution in [-0.4, -0.2) is 33.2 Å². The number of carbonyl (C=O) groups excluding carboxylic acids is 1. The molecule has 0 saturated carbocycles. The van der Waals surface area contributed by atoms with Crippen LogP contribution < -0.4 is 4.90 Å². The lowest BCUT2D eigenvalue weighted by Crippen LogP contribution is -2.44. The lowest BCUT2D eigenvalue weighted by atomic mass is 9.86. The fourth-order valence-corrected chi connectivity index (χ4v) is 5.37. The summed E-state index contributed by atoms with van der Waals surface area (Å²) in [4.78, 5) is 27.7. The molecule has 3 aromatic rings. The molecular formula is C28H33ClN2O4. The second-order valence-electron chi connectivity index (χ2n) is 10.3. The number of rotatable bonds is 5. The average molecular weight is 497 g/mol. The molecule has 0 fully saturated rings. The van der Waals surface area contributed by atoms with Gasteiger partial charge in [-0.05, 0) is 76.4 Å². The van der Waals surface area contributed by atoms with Gasteiger partial charge in [-0.3, -0.25) is 4.79 Å². The van der Waals surface area contributed by atoms with E-state index in [1.165, 1.54) is 0 Å². The van der Waals surface area contributed by atoms with Gasteiger partial charge in [0.15, 0.2) is 6.10 Å². The van der Waals surface area contributed by atoms with Crippen molar-refractivity contribution >= 4 is 40.1 Å². The van der Waals surface area contributed by atoms with E-state index >= 15 is 0 Å². The lowest BCUT2D eigenvalue weighted by molar-refractivity contribution is -0.160. The highest BCUT2D eigenvalue weighted by molar-refractivity contribution is 6.30. The van der Waals surface area contributed by atoms with Crippen LogP contribution in [-0.2, 0) is 20.9 Å². The Morgan fingerprint density at radius 3 is 2.37 bits per heavy atom. The van der Waals surface area contributed by atoms with Gasteiger partial charge in [-0.25, -0.2) is 4.79 Å². The third-order valence-corrected chi connectivity index (χ3v) is 6.87. The van der Waals surface area contributed by atoms with Crippen LogP contribution in [0.1, 0.15) is 64.0 Å². The summed E-state index contributed by atoms with van der Waals surface area (Å²) in [6.07, 6.45) is -0.860. The monoisotopic (exact) mass is 496 g/mol. The summed E-state index contributed by atoms with van der Waals surface area (Å²) in [6.45, 7) is 14.1. The Morgan fingerprint density at radius 2 is 1.83 bits per heavy atom. The Balaban J connectivity index is 2.19. The highest BCUT2D eigenvalue weighted by Gasteiger charge is 2.38. The van der Waals surface area contributed by atoms with Gasteiger partial charge in [0.1, 0.15) is 0 Å². The smallest absolute Gasteiger partial charge is 0.337 e. The molecule has 4 rings (SSSR count). The molecule has 6 nitrogen and oxygen atoms in total. The first-order valence-corrected chi connectivity index (χ1v) is 12.4. The van der Waals surface area contributed by atoms with Gasteiger partial charge in [-0.2, -0.15) is 0 Å². The second kappa shape index (κ2) is 8.99. The van der Waals surface area contributed by atoms with Crippen LogP contribution in [0.4, 0.5) is 5.69 Å². The van der Waals surface area contributed by atoms with Crippen LogP contribution in [0.2, 0.25) is 5.02 Å². The summed E-state index contributed by atoms with van der Waals surface area (Å²) in [6, 6.07) is 9.46. The fourth-order valence-electron chi connectivity index (χ4n) is 5.24. The van der Waals surface area contributed by atoms with E-state index in [0.29, 0.717) is 23.6 Å². The number of carbonyl (C=O) groups is 2. The maximum Gasteiger partial charge on any atom is 0.337 e.